The highest BCUT2D eigenvalue weighted by Gasteiger charge is 2.26. The standard InChI is InChI=1S/C21H34N2O4S/c1-4-23(16-21(24)22-18-11-9-7-6-8-10-12-18)28(25,26)19-13-14-20(27-5-2)17(3)15-19/h13-15,18H,4-12,16H2,1-3H3,(H,22,24). The van der Waals surface area contributed by atoms with Crippen LogP contribution in [0.3, 0.4) is 0 Å². The van der Waals surface area contributed by atoms with Gasteiger partial charge in [0.05, 0.1) is 18.0 Å². The van der Waals surface area contributed by atoms with Crippen molar-refractivity contribution in [3.63, 3.8) is 0 Å². The Morgan fingerprint density at radius 2 is 1.79 bits per heavy atom. The predicted molar refractivity (Wildman–Crippen MR) is 111 cm³/mol. The second kappa shape index (κ2) is 10.8. The molecule has 1 amide bonds. The molecule has 6 nitrogen and oxygen atoms in total. The smallest absolute Gasteiger partial charge is 0.243 e. The van der Waals surface area contributed by atoms with E-state index in [2.05, 4.69) is 5.32 Å². The van der Waals surface area contributed by atoms with Crippen LogP contribution in [0.15, 0.2) is 23.1 Å². The van der Waals surface area contributed by atoms with Crippen molar-refractivity contribution in [1.29, 1.82) is 0 Å². The molecule has 7 heteroatoms. The molecule has 0 spiro atoms. The summed E-state index contributed by atoms with van der Waals surface area (Å²) < 4.78 is 32.8. The van der Waals surface area contributed by atoms with Crippen molar-refractivity contribution in [1.82, 2.24) is 9.62 Å². The number of hydrogen-bond acceptors (Lipinski definition) is 4. The molecule has 1 aromatic carbocycles. The summed E-state index contributed by atoms with van der Waals surface area (Å²) >= 11 is 0. The number of carbonyl (C=O) groups excluding carboxylic acids is 1. The van der Waals surface area contributed by atoms with E-state index in [-0.39, 0.29) is 29.9 Å². The third-order valence-corrected chi connectivity index (χ3v) is 7.14. The van der Waals surface area contributed by atoms with E-state index >= 15 is 0 Å². The number of likely N-dealkylation sites (N-methyl/N-ethyl adjacent to an activating group) is 1. The molecule has 0 unspecified atom stereocenters. The molecular weight excluding hydrogens is 376 g/mol. The monoisotopic (exact) mass is 410 g/mol. The maximum atomic E-state index is 13.0. The molecule has 1 fully saturated rings. The number of carbonyl (C=O) groups is 1. The van der Waals surface area contributed by atoms with Crippen LogP contribution in [-0.4, -0.2) is 44.4 Å². The van der Waals surface area contributed by atoms with Gasteiger partial charge in [0.1, 0.15) is 5.75 Å². The summed E-state index contributed by atoms with van der Waals surface area (Å²) in [6.45, 7) is 6.07. The third kappa shape index (κ3) is 6.21. The fourth-order valence-corrected chi connectivity index (χ4v) is 5.14. The van der Waals surface area contributed by atoms with E-state index in [0.717, 1.165) is 31.2 Å². The lowest BCUT2D eigenvalue weighted by atomic mass is 9.97. The summed E-state index contributed by atoms with van der Waals surface area (Å²) in [4.78, 5) is 12.7. The van der Waals surface area contributed by atoms with Crippen LogP contribution >= 0.6 is 0 Å². The molecule has 1 aliphatic carbocycles. The lowest BCUT2D eigenvalue weighted by molar-refractivity contribution is -0.122. The molecule has 2 rings (SSSR count). The minimum absolute atomic E-state index is 0.151. The molecular formula is C21H34N2O4S. The van der Waals surface area contributed by atoms with Gasteiger partial charge in [0.25, 0.3) is 0 Å². The largest absolute Gasteiger partial charge is 0.494 e. The zero-order chi connectivity index (χ0) is 20.6. The topological polar surface area (TPSA) is 75.7 Å². The molecule has 0 aromatic heterocycles. The Morgan fingerprint density at radius 1 is 1.14 bits per heavy atom. The van der Waals surface area contributed by atoms with Crippen molar-refractivity contribution in [2.75, 3.05) is 19.7 Å². The fraction of sp³-hybridized carbons (Fsp3) is 0.667. The molecule has 0 aliphatic heterocycles. The highest BCUT2D eigenvalue weighted by molar-refractivity contribution is 7.89. The molecule has 0 radical (unpaired) electrons. The van der Waals surface area contributed by atoms with Crippen molar-refractivity contribution in [2.24, 2.45) is 0 Å². The minimum Gasteiger partial charge on any atom is -0.494 e. The number of hydrogen-bond donors (Lipinski definition) is 1. The number of aryl methyl sites for hydroxylation is 1. The quantitative estimate of drug-likeness (QED) is 0.710. The molecule has 0 saturated heterocycles. The van der Waals surface area contributed by atoms with Crippen molar-refractivity contribution < 1.29 is 17.9 Å². The maximum Gasteiger partial charge on any atom is 0.243 e. The Balaban J connectivity index is 2.05. The van der Waals surface area contributed by atoms with Crippen molar-refractivity contribution >= 4 is 15.9 Å². The summed E-state index contributed by atoms with van der Waals surface area (Å²) in [6, 6.07) is 4.98. The van der Waals surface area contributed by atoms with Crippen molar-refractivity contribution in [2.45, 2.75) is 76.7 Å². The van der Waals surface area contributed by atoms with Gasteiger partial charge in [-0.2, -0.15) is 4.31 Å². The zero-order valence-corrected chi connectivity index (χ0v) is 18.2. The lowest BCUT2D eigenvalue weighted by Gasteiger charge is -2.24. The van der Waals surface area contributed by atoms with Crippen molar-refractivity contribution in [3.05, 3.63) is 23.8 Å². The third-order valence-electron chi connectivity index (χ3n) is 5.23. The van der Waals surface area contributed by atoms with Gasteiger partial charge in [-0.3, -0.25) is 4.79 Å². The highest BCUT2D eigenvalue weighted by atomic mass is 32.2. The number of amides is 1. The maximum absolute atomic E-state index is 13.0. The fourth-order valence-electron chi connectivity index (χ4n) is 3.65. The molecule has 1 aromatic rings. The molecule has 28 heavy (non-hydrogen) atoms. The van der Waals surface area contributed by atoms with Gasteiger partial charge in [0.15, 0.2) is 0 Å². The minimum atomic E-state index is -3.74. The Kier molecular flexibility index (Phi) is 8.76. The van der Waals surface area contributed by atoms with Gasteiger partial charge in [-0.15, -0.1) is 0 Å². The van der Waals surface area contributed by atoms with Gasteiger partial charge < -0.3 is 10.1 Å². The second-order valence-electron chi connectivity index (χ2n) is 7.40. The SMILES string of the molecule is CCOc1ccc(S(=O)(=O)N(CC)CC(=O)NC2CCCCCCC2)cc1C. The molecule has 1 saturated carbocycles. The van der Waals surface area contributed by atoms with Crippen LogP contribution in [-0.2, 0) is 14.8 Å². The number of ether oxygens (including phenoxy) is 1. The van der Waals surface area contributed by atoms with Crippen LogP contribution in [0.4, 0.5) is 0 Å². The molecule has 158 valence electrons. The number of nitrogens with one attached hydrogen (secondary N) is 1. The van der Waals surface area contributed by atoms with E-state index in [1.807, 2.05) is 13.8 Å². The van der Waals surface area contributed by atoms with Crippen LogP contribution < -0.4 is 10.1 Å². The second-order valence-corrected chi connectivity index (χ2v) is 9.34. The van der Waals surface area contributed by atoms with E-state index in [1.165, 1.54) is 23.6 Å². The molecule has 0 atom stereocenters. The van der Waals surface area contributed by atoms with Gasteiger partial charge in [0, 0.05) is 12.6 Å². The first kappa shape index (κ1) is 22.7. The molecule has 0 heterocycles. The normalized spacial score (nSPS) is 16.4. The van der Waals surface area contributed by atoms with Crippen molar-refractivity contribution in [3.8, 4) is 5.75 Å². The Morgan fingerprint density at radius 3 is 2.36 bits per heavy atom. The lowest BCUT2D eigenvalue weighted by Crippen LogP contribution is -2.44. The van der Waals surface area contributed by atoms with Gasteiger partial charge in [-0.25, -0.2) is 8.42 Å². The van der Waals surface area contributed by atoms with E-state index in [0.29, 0.717) is 12.4 Å². The first-order valence-corrected chi connectivity index (χ1v) is 11.9. The number of nitrogens with zero attached hydrogens (tertiary/aromatic N) is 1. The van der Waals surface area contributed by atoms with Gasteiger partial charge in [0.2, 0.25) is 15.9 Å². The molecule has 0 bridgehead atoms. The Bertz CT molecular complexity index is 741. The number of benzene rings is 1. The average molecular weight is 411 g/mol. The summed E-state index contributed by atoms with van der Waals surface area (Å²) in [7, 11) is -3.74. The van der Waals surface area contributed by atoms with Gasteiger partial charge >= 0.3 is 0 Å². The first-order chi connectivity index (χ1) is 13.4. The highest BCUT2D eigenvalue weighted by Crippen LogP contribution is 2.24. The number of rotatable bonds is 8. The van der Waals surface area contributed by atoms with Crippen LogP contribution in [0.1, 0.15) is 64.4 Å². The first-order valence-electron chi connectivity index (χ1n) is 10.4. The number of sulfonamides is 1. The van der Waals surface area contributed by atoms with E-state index in [4.69, 9.17) is 4.74 Å². The average Bonchev–Trinajstić information content (AvgIpc) is 2.63. The Hall–Kier alpha value is -1.60. The molecule has 1 N–H and O–H groups in total. The molecule has 1 aliphatic rings. The van der Waals surface area contributed by atoms with Crippen LogP contribution in [0.25, 0.3) is 0 Å². The summed E-state index contributed by atoms with van der Waals surface area (Å²) in [6.07, 6.45) is 7.87. The van der Waals surface area contributed by atoms with E-state index in [1.54, 1.807) is 25.1 Å². The van der Waals surface area contributed by atoms with Gasteiger partial charge in [-0.1, -0.05) is 39.0 Å². The van der Waals surface area contributed by atoms with Crippen LogP contribution in [0.5, 0.6) is 5.75 Å². The van der Waals surface area contributed by atoms with Gasteiger partial charge in [-0.05, 0) is 50.5 Å². The zero-order valence-electron chi connectivity index (χ0n) is 17.4. The van der Waals surface area contributed by atoms with Crippen LogP contribution in [0.2, 0.25) is 0 Å². The summed E-state index contributed by atoms with van der Waals surface area (Å²) in [5, 5.41) is 3.05. The predicted octanol–water partition coefficient (Wildman–Crippen LogP) is 3.63. The van der Waals surface area contributed by atoms with E-state index < -0.39 is 10.0 Å². The van der Waals surface area contributed by atoms with Crippen LogP contribution in [0, 0.1) is 6.92 Å². The summed E-state index contributed by atoms with van der Waals surface area (Å²) in [5.41, 5.74) is 0.762. The summed E-state index contributed by atoms with van der Waals surface area (Å²) in [5.74, 6) is 0.449. The van der Waals surface area contributed by atoms with E-state index in [9.17, 15) is 13.2 Å². The Labute approximate surface area is 169 Å².